The number of nitrogens with one attached hydrogen (secondary N) is 2. The fraction of sp³-hybridized carbons (Fsp3) is 0.500. The molecule has 2 atom stereocenters. The van der Waals surface area contributed by atoms with Crippen molar-refractivity contribution in [3.8, 4) is 0 Å². The molecule has 0 aliphatic carbocycles. The third-order valence-electron chi connectivity index (χ3n) is 2.81. The predicted molar refractivity (Wildman–Crippen MR) is 66.7 cm³/mol. The summed E-state index contributed by atoms with van der Waals surface area (Å²) in [4.78, 5) is 0. The summed E-state index contributed by atoms with van der Waals surface area (Å²) in [6.07, 6.45) is 0. The molecule has 1 aromatic carbocycles. The molecule has 1 aliphatic rings. The lowest BCUT2D eigenvalue weighted by Gasteiger charge is -2.17. The Kier molecular flexibility index (Phi) is 3.67. The first kappa shape index (κ1) is 11.0. The zero-order chi connectivity index (χ0) is 10.7. The van der Waals surface area contributed by atoms with E-state index in [1.54, 1.807) is 0 Å². The van der Waals surface area contributed by atoms with E-state index in [1.165, 1.54) is 5.56 Å². The SMILES string of the molecule is CC1NNC(C)C1SCc1ccccc1. The number of rotatable bonds is 3. The molecule has 2 N–H and O–H groups in total. The Balaban J connectivity index is 1.88. The highest BCUT2D eigenvalue weighted by Gasteiger charge is 2.29. The van der Waals surface area contributed by atoms with Gasteiger partial charge in [0.2, 0.25) is 0 Å². The third-order valence-corrected chi connectivity index (χ3v) is 4.51. The Morgan fingerprint density at radius 3 is 2.27 bits per heavy atom. The average molecular weight is 222 g/mol. The van der Waals surface area contributed by atoms with Gasteiger partial charge in [-0.15, -0.1) is 0 Å². The molecular weight excluding hydrogens is 204 g/mol. The molecule has 3 heteroatoms. The van der Waals surface area contributed by atoms with Crippen LogP contribution >= 0.6 is 11.8 Å². The molecule has 0 spiro atoms. The van der Waals surface area contributed by atoms with E-state index in [-0.39, 0.29) is 0 Å². The third kappa shape index (κ3) is 2.74. The van der Waals surface area contributed by atoms with Crippen molar-refractivity contribution in [1.29, 1.82) is 0 Å². The Hall–Kier alpha value is -0.510. The van der Waals surface area contributed by atoms with Gasteiger partial charge in [-0.05, 0) is 19.4 Å². The molecule has 15 heavy (non-hydrogen) atoms. The van der Waals surface area contributed by atoms with E-state index in [9.17, 15) is 0 Å². The second-order valence-electron chi connectivity index (χ2n) is 4.13. The predicted octanol–water partition coefficient (Wildman–Crippen LogP) is 2.17. The molecule has 1 saturated heterocycles. The van der Waals surface area contributed by atoms with Crippen molar-refractivity contribution < 1.29 is 0 Å². The van der Waals surface area contributed by atoms with Gasteiger partial charge in [0.1, 0.15) is 0 Å². The van der Waals surface area contributed by atoms with Crippen molar-refractivity contribution in [3.05, 3.63) is 35.9 Å². The molecular formula is C12H18N2S. The van der Waals surface area contributed by atoms with E-state index >= 15 is 0 Å². The zero-order valence-electron chi connectivity index (χ0n) is 9.23. The maximum atomic E-state index is 3.28. The summed E-state index contributed by atoms with van der Waals surface area (Å²) in [5.74, 6) is 1.10. The Labute approximate surface area is 95.8 Å². The summed E-state index contributed by atoms with van der Waals surface area (Å²) >= 11 is 2.03. The number of thioether (sulfide) groups is 1. The van der Waals surface area contributed by atoms with Crippen LogP contribution in [0.25, 0.3) is 0 Å². The first-order valence-electron chi connectivity index (χ1n) is 5.44. The number of hydrogen-bond donors (Lipinski definition) is 2. The smallest absolute Gasteiger partial charge is 0.0379 e. The quantitative estimate of drug-likeness (QED) is 0.819. The first-order valence-corrected chi connectivity index (χ1v) is 6.49. The highest BCUT2D eigenvalue weighted by Crippen LogP contribution is 2.25. The van der Waals surface area contributed by atoms with E-state index in [1.807, 2.05) is 11.8 Å². The summed E-state index contributed by atoms with van der Waals surface area (Å²) < 4.78 is 0. The normalized spacial score (nSPS) is 30.7. The summed E-state index contributed by atoms with van der Waals surface area (Å²) in [6.45, 7) is 4.47. The van der Waals surface area contributed by atoms with Crippen LogP contribution in [0.1, 0.15) is 19.4 Å². The zero-order valence-corrected chi connectivity index (χ0v) is 10.1. The van der Waals surface area contributed by atoms with Gasteiger partial charge < -0.3 is 0 Å². The molecule has 2 rings (SSSR count). The number of hydrogen-bond acceptors (Lipinski definition) is 3. The molecule has 1 heterocycles. The van der Waals surface area contributed by atoms with Gasteiger partial charge >= 0.3 is 0 Å². The van der Waals surface area contributed by atoms with Crippen LogP contribution in [-0.2, 0) is 5.75 Å². The fourth-order valence-electron chi connectivity index (χ4n) is 1.92. The van der Waals surface area contributed by atoms with Crippen LogP contribution in [0.15, 0.2) is 30.3 Å². The molecule has 2 nitrogen and oxygen atoms in total. The molecule has 1 fully saturated rings. The van der Waals surface area contributed by atoms with Crippen molar-refractivity contribution in [3.63, 3.8) is 0 Å². The van der Waals surface area contributed by atoms with Crippen LogP contribution in [0.4, 0.5) is 0 Å². The minimum Gasteiger partial charge on any atom is -0.254 e. The minimum atomic E-state index is 0.550. The molecule has 0 aromatic heterocycles. The Morgan fingerprint density at radius 2 is 1.67 bits per heavy atom. The van der Waals surface area contributed by atoms with Gasteiger partial charge in [0.15, 0.2) is 0 Å². The van der Waals surface area contributed by atoms with Crippen molar-refractivity contribution in [2.24, 2.45) is 0 Å². The monoisotopic (exact) mass is 222 g/mol. The fourth-order valence-corrected chi connectivity index (χ4v) is 3.21. The van der Waals surface area contributed by atoms with Gasteiger partial charge in [-0.2, -0.15) is 11.8 Å². The van der Waals surface area contributed by atoms with E-state index in [4.69, 9.17) is 0 Å². The molecule has 1 aromatic rings. The highest BCUT2D eigenvalue weighted by molar-refractivity contribution is 7.99. The minimum absolute atomic E-state index is 0.550. The van der Waals surface area contributed by atoms with Crippen molar-refractivity contribution >= 4 is 11.8 Å². The lowest BCUT2D eigenvalue weighted by molar-refractivity contribution is 0.567. The van der Waals surface area contributed by atoms with Crippen LogP contribution in [0.5, 0.6) is 0 Å². The molecule has 82 valence electrons. The van der Waals surface area contributed by atoms with E-state index in [0.717, 1.165) is 5.75 Å². The van der Waals surface area contributed by atoms with Crippen molar-refractivity contribution in [1.82, 2.24) is 10.9 Å². The Morgan fingerprint density at radius 1 is 1.07 bits per heavy atom. The largest absolute Gasteiger partial charge is 0.254 e. The molecule has 0 saturated carbocycles. The summed E-state index contributed by atoms with van der Waals surface area (Å²) in [5, 5.41) is 0.658. The topological polar surface area (TPSA) is 24.1 Å². The van der Waals surface area contributed by atoms with Gasteiger partial charge in [-0.3, -0.25) is 10.9 Å². The lowest BCUT2D eigenvalue weighted by Crippen LogP contribution is -2.30. The Bertz CT molecular complexity index is 292. The second kappa shape index (κ2) is 5.01. The maximum absolute atomic E-state index is 3.28. The standard InChI is InChI=1S/C12H18N2S/c1-9-12(10(2)14-13-9)15-8-11-6-4-3-5-7-11/h3-7,9-10,12-14H,8H2,1-2H3. The van der Waals surface area contributed by atoms with Crippen molar-refractivity contribution in [2.75, 3.05) is 0 Å². The number of hydrazine groups is 1. The second-order valence-corrected chi connectivity index (χ2v) is 5.29. The first-order chi connectivity index (χ1) is 7.27. The van der Waals surface area contributed by atoms with Crippen LogP contribution in [0.2, 0.25) is 0 Å². The average Bonchev–Trinajstić information content (AvgIpc) is 2.58. The van der Waals surface area contributed by atoms with Gasteiger partial charge in [0.25, 0.3) is 0 Å². The number of benzene rings is 1. The molecule has 0 radical (unpaired) electrons. The molecule has 0 bridgehead atoms. The van der Waals surface area contributed by atoms with E-state index < -0.39 is 0 Å². The lowest BCUT2D eigenvalue weighted by atomic mass is 10.2. The van der Waals surface area contributed by atoms with Gasteiger partial charge in [-0.1, -0.05) is 30.3 Å². The van der Waals surface area contributed by atoms with Crippen LogP contribution in [0, 0.1) is 0 Å². The van der Waals surface area contributed by atoms with Crippen LogP contribution in [0.3, 0.4) is 0 Å². The summed E-state index contributed by atoms with van der Waals surface area (Å²) in [5.41, 5.74) is 7.98. The summed E-state index contributed by atoms with van der Waals surface area (Å²) in [7, 11) is 0. The summed E-state index contributed by atoms with van der Waals surface area (Å²) in [6, 6.07) is 11.8. The van der Waals surface area contributed by atoms with Gasteiger partial charge in [0, 0.05) is 23.1 Å². The van der Waals surface area contributed by atoms with Gasteiger partial charge in [-0.25, -0.2) is 0 Å². The van der Waals surface area contributed by atoms with Crippen LogP contribution in [-0.4, -0.2) is 17.3 Å². The molecule has 0 amide bonds. The maximum Gasteiger partial charge on any atom is 0.0379 e. The molecule has 1 aliphatic heterocycles. The van der Waals surface area contributed by atoms with Crippen LogP contribution < -0.4 is 10.9 Å². The van der Waals surface area contributed by atoms with E-state index in [2.05, 4.69) is 55.0 Å². The highest BCUT2D eigenvalue weighted by atomic mass is 32.2. The van der Waals surface area contributed by atoms with Gasteiger partial charge in [0.05, 0.1) is 0 Å². The van der Waals surface area contributed by atoms with E-state index in [0.29, 0.717) is 17.3 Å². The molecule has 2 unspecified atom stereocenters. The van der Waals surface area contributed by atoms with Crippen molar-refractivity contribution in [2.45, 2.75) is 36.9 Å².